The number of ether oxygens (including phenoxy) is 4. The van der Waals surface area contributed by atoms with Gasteiger partial charge in [0.2, 0.25) is 5.75 Å². The van der Waals surface area contributed by atoms with Gasteiger partial charge in [-0.2, -0.15) is 0 Å². The standard InChI is InChI=1S/C20H27NO5/c1-21(13-16(22)14-26-17-8-6-5-7-9-17)12-15-10-11-18(23-2)20(25-4)19(15)24-3/h5-11,16,22H,12-14H2,1-4H3/t16-/m0/s1. The predicted octanol–water partition coefficient (Wildman–Crippen LogP) is 2.58. The quantitative estimate of drug-likeness (QED) is 0.702. The van der Waals surface area contributed by atoms with Gasteiger partial charge in [0.05, 0.1) is 21.3 Å². The third-order valence-electron chi connectivity index (χ3n) is 3.93. The second kappa shape index (κ2) is 9.89. The molecule has 6 nitrogen and oxygen atoms in total. The largest absolute Gasteiger partial charge is 0.493 e. The van der Waals surface area contributed by atoms with Crippen LogP contribution in [-0.2, 0) is 6.54 Å². The van der Waals surface area contributed by atoms with Crippen LogP contribution >= 0.6 is 0 Å². The van der Waals surface area contributed by atoms with Gasteiger partial charge in [-0.25, -0.2) is 0 Å². The summed E-state index contributed by atoms with van der Waals surface area (Å²) in [5.41, 5.74) is 0.948. The Labute approximate surface area is 154 Å². The van der Waals surface area contributed by atoms with Crippen LogP contribution in [0.4, 0.5) is 0 Å². The van der Waals surface area contributed by atoms with E-state index in [-0.39, 0.29) is 6.61 Å². The minimum absolute atomic E-state index is 0.234. The summed E-state index contributed by atoms with van der Waals surface area (Å²) < 4.78 is 21.8. The van der Waals surface area contributed by atoms with Crippen LogP contribution in [0.1, 0.15) is 5.56 Å². The van der Waals surface area contributed by atoms with Gasteiger partial charge in [0.15, 0.2) is 11.5 Å². The van der Waals surface area contributed by atoms with Crippen LogP contribution in [0.15, 0.2) is 42.5 Å². The van der Waals surface area contributed by atoms with Gasteiger partial charge < -0.3 is 24.1 Å². The highest BCUT2D eigenvalue weighted by atomic mass is 16.5. The maximum atomic E-state index is 10.2. The van der Waals surface area contributed by atoms with Crippen molar-refractivity contribution < 1.29 is 24.1 Å². The zero-order chi connectivity index (χ0) is 18.9. The summed E-state index contributed by atoms with van der Waals surface area (Å²) in [4.78, 5) is 2.00. The van der Waals surface area contributed by atoms with Crippen molar-refractivity contribution in [2.24, 2.45) is 0 Å². The molecule has 0 saturated heterocycles. The summed E-state index contributed by atoms with van der Waals surface area (Å²) in [6.45, 7) is 1.29. The van der Waals surface area contributed by atoms with Crippen LogP contribution in [-0.4, -0.2) is 57.6 Å². The number of aliphatic hydroxyl groups excluding tert-OH is 1. The fourth-order valence-corrected chi connectivity index (χ4v) is 2.76. The number of benzene rings is 2. The molecule has 6 heteroatoms. The normalized spacial score (nSPS) is 11.9. The first-order valence-electron chi connectivity index (χ1n) is 8.41. The summed E-state index contributed by atoms with van der Waals surface area (Å²) in [6.07, 6.45) is -0.605. The number of aliphatic hydroxyl groups is 1. The molecule has 0 aliphatic heterocycles. The molecule has 0 spiro atoms. The summed E-state index contributed by atoms with van der Waals surface area (Å²) in [5, 5.41) is 10.2. The topological polar surface area (TPSA) is 60.4 Å². The van der Waals surface area contributed by atoms with E-state index in [4.69, 9.17) is 18.9 Å². The van der Waals surface area contributed by atoms with Crippen LogP contribution in [0.3, 0.4) is 0 Å². The first kappa shape index (κ1) is 19.9. The van der Waals surface area contributed by atoms with Gasteiger partial charge in [0.25, 0.3) is 0 Å². The molecule has 0 amide bonds. The summed E-state index contributed by atoms with van der Waals surface area (Å²) in [6, 6.07) is 13.2. The Kier molecular flexibility index (Phi) is 7.56. The van der Waals surface area contributed by atoms with Gasteiger partial charge in [-0.3, -0.25) is 4.90 Å². The zero-order valence-electron chi connectivity index (χ0n) is 15.8. The van der Waals surface area contributed by atoms with Crippen molar-refractivity contribution in [3.05, 3.63) is 48.0 Å². The molecule has 2 rings (SSSR count). The third kappa shape index (κ3) is 5.28. The Balaban J connectivity index is 1.95. The molecule has 2 aromatic rings. The van der Waals surface area contributed by atoms with Gasteiger partial charge >= 0.3 is 0 Å². The van der Waals surface area contributed by atoms with E-state index >= 15 is 0 Å². The maximum absolute atomic E-state index is 10.2. The second-order valence-corrected chi connectivity index (χ2v) is 5.97. The molecule has 0 saturated carbocycles. The Morgan fingerprint density at radius 3 is 2.23 bits per heavy atom. The average Bonchev–Trinajstić information content (AvgIpc) is 2.66. The van der Waals surface area contributed by atoms with Crippen molar-refractivity contribution in [1.29, 1.82) is 0 Å². The first-order valence-corrected chi connectivity index (χ1v) is 8.41. The molecular weight excluding hydrogens is 334 g/mol. The third-order valence-corrected chi connectivity index (χ3v) is 3.93. The van der Waals surface area contributed by atoms with E-state index in [1.54, 1.807) is 21.3 Å². The monoisotopic (exact) mass is 361 g/mol. The molecule has 0 heterocycles. The maximum Gasteiger partial charge on any atom is 0.203 e. The van der Waals surface area contributed by atoms with Crippen LogP contribution in [0.5, 0.6) is 23.0 Å². The Morgan fingerprint density at radius 1 is 0.923 bits per heavy atom. The van der Waals surface area contributed by atoms with Crippen LogP contribution in [0.25, 0.3) is 0 Å². The molecule has 0 aromatic heterocycles. The number of nitrogens with zero attached hydrogens (tertiary/aromatic N) is 1. The lowest BCUT2D eigenvalue weighted by molar-refractivity contribution is 0.0741. The zero-order valence-corrected chi connectivity index (χ0v) is 15.8. The summed E-state index contributed by atoms with van der Waals surface area (Å²) in [7, 11) is 6.70. The number of rotatable bonds is 10. The molecule has 2 aromatic carbocycles. The van der Waals surface area contributed by atoms with Gasteiger partial charge in [0, 0.05) is 18.7 Å². The average molecular weight is 361 g/mol. The first-order chi connectivity index (χ1) is 12.6. The van der Waals surface area contributed by atoms with E-state index < -0.39 is 6.10 Å². The fourth-order valence-electron chi connectivity index (χ4n) is 2.76. The molecule has 26 heavy (non-hydrogen) atoms. The van der Waals surface area contributed by atoms with Crippen molar-refractivity contribution in [3.8, 4) is 23.0 Å². The number of hydrogen-bond acceptors (Lipinski definition) is 6. The Bertz CT molecular complexity index is 677. The lowest BCUT2D eigenvalue weighted by atomic mass is 10.1. The molecule has 0 bridgehead atoms. The molecule has 0 aliphatic rings. The Morgan fingerprint density at radius 2 is 1.62 bits per heavy atom. The molecule has 1 atom stereocenters. The van der Waals surface area contributed by atoms with Crippen molar-refractivity contribution >= 4 is 0 Å². The van der Waals surface area contributed by atoms with Crippen molar-refractivity contribution in [2.45, 2.75) is 12.6 Å². The number of hydrogen-bond donors (Lipinski definition) is 1. The molecule has 142 valence electrons. The molecule has 0 aliphatic carbocycles. The van der Waals surface area contributed by atoms with Gasteiger partial charge in [-0.05, 0) is 25.2 Å². The molecule has 0 fully saturated rings. The Hall–Kier alpha value is -2.44. The minimum atomic E-state index is -0.605. The van der Waals surface area contributed by atoms with Gasteiger partial charge in [0.1, 0.15) is 18.5 Å². The van der Waals surface area contributed by atoms with Crippen molar-refractivity contribution in [1.82, 2.24) is 4.90 Å². The van der Waals surface area contributed by atoms with E-state index in [2.05, 4.69) is 0 Å². The lowest BCUT2D eigenvalue weighted by Crippen LogP contribution is -2.32. The highest BCUT2D eigenvalue weighted by Gasteiger charge is 2.18. The molecule has 1 N–H and O–H groups in total. The van der Waals surface area contributed by atoms with E-state index in [0.29, 0.717) is 30.3 Å². The lowest BCUT2D eigenvalue weighted by Gasteiger charge is -2.23. The molecule has 0 radical (unpaired) electrons. The SMILES string of the molecule is COc1ccc(CN(C)C[C@H](O)COc2ccccc2)c(OC)c1OC. The van der Waals surface area contributed by atoms with Gasteiger partial charge in [-0.1, -0.05) is 24.3 Å². The van der Waals surface area contributed by atoms with Crippen LogP contribution < -0.4 is 18.9 Å². The molecule has 0 unspecified atom stereocenters. The van der Waals surface area contributed by atoms with Crippen LogP contribution in [0.2, 0.25) is 0 Å². The van der Waals surface area contributed by atoms with Gasteiger partial charge in [-0.15, -0.1) is 0 Å². The van der Waals surface area contributed by atoms with E-state index in [1.165, 1.54) is 0 Å². The second-order valence-electron chi connectivity index (χ2n) is 5.97. The predicted molar refractivity (Wildman–Crippen MR) is 100 cm³/mol. The number of likely N-dealkylation sites (N-methyl/N-ethyl adjacent to an activating group) is 1. The summed E-state index contributed by atoms with van der Waals surface area (Å²) in [5.74, 6) is 2.56. The van der Waals surface area contributed by atoms with E-state index in [1.807, 2.05) is 54.4 Å². The van der Waals surface area contributed by atoms with Crippen molar-refractivity contribution in [3.63, 3.8) is 0 Å². The number of methoxy groups -OCH3 is 3. The highest BCUT2D eigenvalue weighted by molar-refractivity contribution is 5.55. The molecular formula is C20H27NO5. The summed E-state index contributed by atoms with van der Waals surface area (Å²) >= 11 is 0. The fraction of sp³-hybridized carbons (Fsp3) is 0.400. The smallest absolute Gasteiger partial charge is 0.203 e. The minimum Gasteiger partial charge on any atom is -0.493 e. The van der Waals surface area contributed by atoms with Crippen molar-refractivity contribution in [2.75, 3.05) is 41.5 Å². The highest BCUT2D eigenvalue weighted by Crippen LogP contribution is 2.40. The number of para-hydroxylation sites is 1. The van der Waals surface area contributed by atoms with E-state index in [0.717, 1.165) is 11.3 Å². The van der Waals surface area contributed by atoms with Crippen LogP contribution in [0, 0.1) is 0 Å². The van der Waals surface area contributed by atoms with E-state index in [9.17, 15) is 5.11 Å².